The van der Waals surface area contributed by atoms with Gasteiger partial charge in [0.1, 0.15) is 11.3 Å². The van der Waals surface area contributed by atoms with Crippen molar-refractivity contribution in [3.63, 3.8) is 0 Å². The predicted octanol–water partition coefficient (Wildman–Crippen LogP) is 0.732. The highest BCUT2D eigenvalue weighted by Crippen LogP contribution is 2.32. The predicted molar refractivity (Wildman–Crippen MR) is 133 cm³/mol. The highest BCUT2D eigenvalue weighted by molar-refractivity contribution is 7.90. The Hall–Kier alpha value is -2.83. The molecule has 0 saturated carbocycles. The molecule has 12 heteroatoms. The third-order valence-corrected chi connectivity index (χ3v) is 8.69. The molecule has 0 aromatic heterocycles. The third-order valence-electron chi connectivity index (χ3n) is 6.87. The zero-order chi connectivity index (χ0) is 25.7. The van der Waals surface area contributed by atoms with E-state index >= 15 is 0 Å². The molecule has 36 heavy (non-hydrogen) atoms. The van der Waals surface area contributed by atoms with E-state index in [4.69, 9.17) is 0 Å². The summed E-state index contributed by atoms with van der Waals surface area (Å²) in [6.07, 6.45) is 5.88. The number of carbonyl (C=O) groups is 4. The Labute approximate surface area is 210 Å². The fourth-order valence-corrected chi connectivity index (χ4v) is 6.00. The molecule has 3 aliphatic rings. The molecule has 0 spiro atoms. The van der Waals surface area contributed by atoms with Gasteiger partial charge in [0.25, 0.3) is 11.8 Å². The van der Waals surface area contributed by atoms with Crippen LogP contribution in [0.1, 0.15) is 72.1 Å². The molecule has 3 heterocycles. The Morgan fingerprint density at radius 2 is 1.61 bits per heavy atom. The summed E-state index contributed by atoms with van der Waals surface area (Å²) >= 11 is 0. The van der Waals surface area contributed by atoms with E-state index in [0.29, 0.717) is 31.9 Å². The first-order chi connectivity index (χ1) is 17.3. The summed E-state index contributed by atoms with van der Waals surface area (Å²) in [5, 5.41) is 8.12. The van der Waals surface area contributed by atoms with E-state index in [1.54, 1.807) is 18.2 Å². The Balaban J connectivity index is 1.17. The van der Waals surface area contributed by atoms with Gasteiger partial charge in [0, 0.05) is 38.3 Å². The van der Waals surface area contributed by atoms with Crippen molar-refractivity contribution in [1.82, 2.24) is 20.3 Å². The van der Waals surface area contributed by atoms with Gasteiger partial charge in [0.2, 0.25) is 21.8 Å². The zero-order valence-corrected chi connectivity index (χ0v) is 21.0. The fraction of sp³-hybridized carbons (Fsp3) is 0.583. The minimum absolute atomic E-state index is 0.0860. The van der Waals surface area contributed by atoms with Crippen LogP contribution in [0.3, 0.4) is 0 Å². The van der Waals surface area contributed by atoms with Crippen molar-refractivity contribution >= 4 is 39.3 Å². The van der Waals surface area contributed by atoms with Crippen LogP contribution in [0.2, 0.25) is 0 Å². The van der Waals surface area contributed by atoms with Crippen molar-refractivity contribution in [2.75, 3.05) is 31.5 Å². The molecule has 2 saturated heterocycles. The second-order valence-corrected chi connectivity index (χ2v) is 11.5. The van der Waals surface area contributed by atoms with Crippen LogP contribution in [-0.2, 0) is 19.6 Å². The average Bonchev–Trinajstić information content (AvgIpc) is 3.04. The standard InChI is InChI=1S/C24H33N5O6S/c30-20-11-10-19(22(31)28-20)29-23(32)17-8-7-9-18(21(17)24(29)33)26-12-5-3-1-2-4-6-13-27-36(34,35)16-14-25-15-16/h7-9,16,19,25-27H,1-6,10-15H2,(H,28,30,31). The minimum Gasteiger partial charge on any atom is -0.384 e. The van der Waals surface area contributed by atoms with Gasteiger partial charge in [-0.1, -0.05) is 31.7 Å². The van der Waals surface area contributed by atoms with Gasteiger partial charge >= 0.3 is 0 Å². The maximum atomic E-state index is 13.1. The first kappa shape index (κ1) is 26.2. The molecule has 196 valence electrons. The summed E-state index contributed by atoms with van der Waals surface area (Å²) < 4.78 is 26.6. The molecule has 0 bridgehead atoms. The number of anilines is 1. The number of sulfonamides is 1. The lowest BCUT2D eigenvalue weighted by atomic mass is 10.0. The molecule has 0 aliphatic carbocycles. The minimum atomic E-state index is -3.18. The van der Waals surface area contributed by atoms with Crippen LogP contribution < -0.4 is 20.7 Å². The summed E-state index contributed by atoms with van der Waals surface area (Å²) in [5.74, 6) is -2.05. The second kappa shape index (κ2) is 11.5. The number of hydrogen-bond acceptors (Lipinski definition) is 8. The fourth-order valence-electron chi connectivity index (χ4n) is 4.66. The molecular formula is C24H33N5O6S. The molecule has 0 radical (unpaired) electrons. The van der Waals surface area contributed by atoms with E-state index in [9.17, 15) is 27.6 Å². The van der Waals surface area contributed by atoms with Crippen molar-refractivity contribution in [2.24, 2.45) is 0 Å². The van der Waals surface area contributed by atoms with Gasteiger partial charge < -0.3 is 10.6 Å². The van der Waals surface area contributed by atoms with E-state index in [1.807, 2.05) is 0 Å². The molecule has 4 N–H and O–H groups in total. The number of unbranched alkanes of at least 4 members (excludes halogenated alkanes) is 5. The SMILES string of the molecule is O=C1CCC(N2C(=O)c3cccc(NCCCCCCCCNS(=O)(=O)C4CNC4)c3C2=O)C(=O)N1. The second-order valence-electron chi connectivity index (χ2n) is 9.44. The van der Waals surface area contributed by atoms with Crippen LogP contribution in [0, 0.1) is 0 Å². The van der Waals surface area contributed by atoms with Crippen LogP contribution in [0.15, 0.2) is 18.2 Å². The zero-order valence-electron chi connectivity index (χ0n) is 20.2. The van der Waals surface area contributed by atoms with Crippen LogP contribution in [0.4, 0.5) is 5.69 Å². The monoisotopic (exact) mass is 519 g/mol. The topological polar surface area (TPSA) is 154 Å². The van der Waals surface area contributed by atoms with Crippen LogP contribution >= 0.6 is 0 Å². The Morgan fingerprint density at radius 3 is 2.28 bits per heavy atom. The molecule has 2 fully saturated rings. The van der Waals surface area contributed by atoms with E-state index < -0.39 is 39.7 Å². The lowest BCUT2D eigenvalue weighted by molar-refractivity contribution is -0.136. The summed E-state index contributed by atoms with van der Waals surface area (Å²) in [6.45, 7) is 2.16. The molecule has 1 aromatic carbocycles. The quantitative estimate of drug-likeness (QED) is 0.220. The number of hydrogen-bond donors (Lipinski definition) is 4. The molecule has 4 amide bonds. The number of imide groups is 2. The summed E-state index contributed by atoms with van der Waals surface area (Å²) in [6, 6.07) is 4.05. The number of amides is 4. The van der Waals surface area contributed by atoms with Gasteiger partial charge in [-0.05, 0) is 31.4 Å². The maximum absolute atomic E-state index is 13.1. The van der Waals surface area contributed by atoms with Gasteiger partial charge in [-0.15, -0.1) is 0 Å². The summed E-state index contributed by atoms with van der Waals surface area (Å²) in [7, 11) is -3.18. The highest BCUT2D eigenvalue weighted by atomic mass is 32.2. The van der Waals surface area contributed by atoms with Gasteiger partial charge in [-0.25, -0.2) is 13.1 Å². The molecule has 1 aromatic rings. The van der Waals surface area contributed by atoms with Crippen molar-refractivity contribution in [1.29, 1.82) is 0 Å². The lowest BCUT2D eigenvalue weighted by Gasteiger charge is -2.27. The van der Waals surface area contributed by atoms with Crippen molar-refractivity contribution in [2.45, 2.75) is 62.7 Å². The Morgan fingerprint density at radius 1 is 0.917 bits per heavy atom. The van der Waals surface area contributed by atoms with Crippen molar-refractivity contribution in [3.05, 3.63) is 29.3 Å². The molecule has 3 aliphatic heterocycles. The van der Waals surface area contributed by atoms with Crippen LogP contribution in [0.25, 0.3) is 0 Å². The van der Waals surface area contributed by atoms with Gasteiger partial charge in [-0.3, -0.25) is 29.4 Å². The molecule has 1 atom stereocenters. The summed E-state index contributed by atoms with van der Waals surface area (Å²) in [5.41, 5.74) is 1.10. The smallest absolute Gasteiger partial charge is 0.264 e. The van der Waals surface area contributed by atoms with E-state index in [2.05, 4.69) is 20.7 Å². The van der Waals surface area contributed by atoms with E-state index in [1.165, 1.54) is 0 Å². The van der Waals surface area contributed by atoms with E-state index in [-0.39, 0.29) is 29.2 Å². The van der Waals surface area contributed by atoms with Gasteiger partial charge in [-0.2, -0.15) is 0 Å². The van der Waals surface area contributed by atoms with Gasteiger partial charge in [0.15, 0.2) is 0 Å². The van der Waals surface area contributed by atoms with Crippen molar-refractivity contribution in [3.8, 4) is 0 Å². The number of rotatable bonds is 13. The number of fused-ring (bicyclic) bond motifs is 1. The normalized spacial score (nSPS) is 20.3. The summed E-state index contributed by atoms with van der Waals surface area (Å²) in [4.78, 5) is 50.6. The highest BCUT2D eigenvalue weighted by Gasteiger charge is 2.45. The van der Waals surface area contributed by atoms with Crippen LogP contribution in [0.5, 0.6) is 0 Å². The lowest BCUT2D eigenvalue weighted by Crippen LogP contribution is -2.55. The average molecular weight is 520 g/mol. The molecule has 11 nitrogen and oxygen atoms in total. The largest absolute Gasteiger partial charge is 0.384 e. The number of nitrogens with one attached hydrogen (secondary N) is 4. The number of nitrogens with zero attached hydrogens (tertiary/aromatic N) is 1. The molecular weight excluding hydrogens is 486 g/mol. The van der Waals surface area contributed by atoms with Crippen molar-refractivity contribution < 1.29 is 27.6 Å². The third kappa shape index (κ3) is 5.76. The van der Waals surface area contributed by atoms with Gasteiger partial charge in [0.05, 0.1) is 11.1 Å². The molecule has 4 rings (SSSR count). The number of piperidine rings is 1. The maximum Gasteiger partial charge on any atom is 0.264 e. The number of benzene rings is 1. The first-order valence-electron chi connectivity index (χ1n) is 12.6. The molecule has 1 unspecified atom stereocenters. The Bertz CT molecular complexity index is 1130. The Kier molecular flexibility index (Phi) is 8.37. The van der Waals surface area contributed by atoms with E-state index in [0.717, 1.165) is 43.4 Å². The van der Waals surface area contributed by atoms with Crippen LogP contribution in [-0.4, -0.2) is 74.4 Å². The number of carbonyl (C=O) groups excluding carboxylic acids is 4. The first-order valence-corrected chi connectivity index (χ1v) is 14.1.